The first-order chi connectivity index (χ1) is 13.6. The molecule has 0 radical (unpaired) electrons. The van der Waals surface area contributed by atoms with Crippen molar-refractivity contribution in [3.63, 3.8) is 0 Å². The monoisotopic (exact) mass is 395 g/mol. The van der Waals surface area contributed by atoms with E-state index >= 15 is 0 Å². The number of nitrogens with one attached hydrogen (secondary N) is 1. The van der Waals surface area contributed by atoms with Crippen LogP contribution < -0.4 is 14.8 Å². The minimum absolute atomic E-state index is 0.147. The van der Waals surface area contributed by atoms with Crippen LogP contribution in [0.3, 0.4) is 0 Å². The van der Waals surface area contributed by atoms with Crippen LogP contribution >= 0.6 is 11.6 Å². The number of hydrogen-bond donors (Lipinski definition) is 1. The molecule has 0 aliphatic rings. The van der Waals surface area contributed by atoms with Gasteiger partial charge in [-0.15, -0.1) is 0 Å². The second-order valence-corrected chi connectivity index (χ2v) is 6.68. The Balaban J connectivity index is 1.44. The normalized spacial score (nSPS) is 10.4. The minimum atomic E-state index is -0.147. The highest BCUT2D eigenvalue weighted by molar-refractivity contribution is 6.31. The molecule has 0 aromatic heterocycles. The average molecular weight is 396 g/mol. The minimum Gasteiger partial charge on any atom is -0.491 e. The lowest BCUT2D eigenvalue weighted by atomic mass is 10.2. The molecular weight excluding hydrogens is 374 g/mol. The molecule has 0 saturated carbocycles. The molecule has 0 aliphatic heterocycles. The SMILES string of the molecule is Cc1ccccc1OCCNC(=O)c1ccc(OCc2ccccc2Cl)cc1. The third-order valence-corrected chi connectivity index (χ3v) is 4.58. The summed E-state index contributed by atoms with van der Waals surface area (Å²) in [6.45, 7) is 3.21. The van der Waals surface area contributed by atoms with Gasteiger partial charge in [-0.2, -0.15) is 0 Å². The van der Waals surface area contributed by atoms with Crippen molar-refractivity contribution in [1.29, 1.82) is 0 Å². The molecule has 0 fully saturated rings. The Morgan fingerprint density at radius 3 is 2.39 bits per heavy atom. The summed E-state index contributed by atoms with van der Waals surface area (Å²) in [6, 6.07) is 22.4. The summed E-state index contributed by atoms with van der Waals surface area (Å²) in [5.41, 5.74) is 2.56. The topological polar surface area (TPSA) is 47.6 Å². The smallest absolute Gasteiger partial charge is 0.251 e. The van der Waals surface area contributed by atoms with Crippen LogP contribution in [-0.2, 0) is 6.61 Å². The molecule has 1 N–H and O–H groups in total. The van der Waals surface area contributed by atoms with E-state index in [4.69, 9.17) is 21.1 Å². The van der Waals surface area contributed by atoms with Gasteiger partial charge >= 0.3 is 0 Å². The van der Waals surface area contributed by atoms with Crippen molar-refractivity contribution in [3.8, 4) is 11.5 Å². The first kappa shape index (κ1) is 19.8. The first-order valence-corrected chi connectivity index (χ1v) is 9.44. The van der Waals surface area contributed by atoms with Gasteiger partial charge in [0.15, 0.2) is 0 Å². The highest BCUT2D eigenvalue weighted by atomic mass is 35.5. The van der Waals surface area contributed by atoms with Gasteiger partial charge in [0.2, 0.25) is 0 Å². The molecule has 0 heterocycles. The number of hydrogen-bond acceptors (Lipinski definition) is 3. The highest BCUT2D eigenvalue weighted by Gasteiger charge is 2.06. The van der Waals surface area contributed by atoms with Crippen LogP contribution in [0.2, 0.25) is 5.02 Å². The fourth-order valence-electron chi connectivity index (χ4n) is 2.63. The molecule has 144 valence electrons. The number of carbonyl (C=O) groups excluding carboxylic acids is 1. The number of para-hydroxylation sites is 1. The first-order valence-electron chi connectivity index (χ1n) is 9.06. The summed E-state index contributed by atoms with van der Waals surface area (Å²) in [5.74, 6) is 1.36. The maximum absolute atomic E-state index is 12.2. The number of halogens is 1. The van der Waals surface area contributed by atoms with Crippen LogP contribution in [0.5, 0.6) is 11.5 Å². The molecule has 0 saturated heterocycles. The van der Waals surface area contributed by atoms with Gasteiger partial charge in [-0.05, 0) is 48.9 Å². The number of carbonyl (C=O) groups is 1. The van der Waals surface area contributed by atoms with Crippen LogP contribution in [-0.4, -0.2) is 19.1 Å². The second kappa shape index (κ2) is 9.81. The maximum Gasteiger partial charge on any atom is 0.251 e. The Kier molecular flexibility index (Phi) is 6.93. The van der Waals surface area contributed by atoms with Gasteiger partial charge in [0.1, 0.15) is 24.7 Å². The highest BCUT2D eigenvalue weighted by Crippen LogP contribution is 2.19. The summed E-state index contributed by atoms with van der Waals surface area (Å²) in [5, 5.41) is 3.52. The molecule has 0 atom stereocenters. The zero-order valence-corrected chi connectivity index (χ0v) is 16.4. The number of aryl methyl sites for hydroxylation is 1. The molecule has 3 aromatic rings. The Morgan fingerprint density at radius 1 is 0.929 bits per heavy atom. The lowest BCUT2D eigenvalue weighted by Gasteiger charge is -2.10. The molecule has 1 amide bonds. The number of amides is 1. The van der Waals surface area contributed by atoms with E-state index in [1.54, 1.807) is 24.3 Å². The molecule has 0 aliphatic carbocycles. The standard InChI is InChI=1S/C23H22ClNO3/c1-17-6-2-5-9-22(17)27-15-14-25-23(26)18-10-12-20(13-11-18)28-16-19-7-3-4-8-21(19)24/h2-13H,14-16H2,1H3,(H,25,26). The van der Waals surface area contributed by atoms with E-state index in [2.05, 4.69) is 5.32 Å². The number of ether oxygens (including phenoxy) is 2. The Labute approximate surface area is 170 Å². The predicted molar refractivity (Wildman–Crippen MR) is 111 cm³/mol. The summed E-state index contributed by atoms with van der Waals surface area (Å²) < 4.78 is 11.4. The molecule has 0 spiro atoms. The quantitative estimate of drug-likeness (QED) is 0.544. The molecule has 3 aromatic carbocycles. The van der Waals surface area contributed by atoms with Gasteiger partial charge in [0.25, 0.3) is 5.91 Å². The van der Waals surface area contributed by atoms with Crippen LogP contribution in [0.4, 0.5) is 0 Å². The van der Waals surface area contributed by atoms with Gasteiger partial charge in [-0.25, -0.2) is 0 Å². The van der Waals surface area contributed by atoms with Crippen LogP contribution in [0, 0.1) is 6.92 Å². The third-order valence-electron chi connectivity index (χ3n) is 4.21. The summed E-state index contributed by atoms with van der Waals surface area (Å²) in [6.07, 6.45) is 0. The largest absolute Gasteiger partial charge is 0.491 e. The predicted octanol–water partition coefficient (Wildman–Crippen LogP) is 5.04. The molecule has 28 heavy (non-hydrogen) atoms. The van der Waals surface area contributed by atoms with Gasteiger partial charge in [-0.1, -0.05) is 48.0 Å². The van der Waals surface area contributed by atoms with Crippen LogP contribution in [0.1, 0.15) is 21.5 Å². The van der Waals surface area contributed by atoms with E-state index in [1.807, 2.05) is 55.5 Å². The van der Waals surface area contributed by atoms with E-state index in [1.165, 1.54) is 0 Å². The lowest BCUT2D eigenvalue weighted by molar-refractivity contribution is 0.0947. The molecule has 0 bridgehead atoms. The number of rotatable bonds is 8. The van der Waals surface area contributed by atoms with Gasteiger partial charge in [-0.3, -0.25) is 4.79 Å². The molecule has 0 unspecified atom stereocenters. The maximum atomic E-state index is 12.2. The van der Waals surface area contributed by atoms with Crippen molar-refractivity contribution in [1.82, 2.24) is 5.32 Å². The van der Waals surface area contributed by atoms with E-state index in [-0.39, 0.29) is 5.91 Å². The van der Waals surface area contributed by atoms with Crippen molar-refractivity contribution < 1.29 is 14.3 Å². The zero-order chi connectivity index (χ0) is 19.8. The van der Waals surface area contributed by atoms with Crippen molar-refractivity contribution in [2.75, 3.05) is 13.2 Å². The summed E-state index contributed by atoms with van der Waals surface area (Å²) >= 11 is 6.12. The van der Waals surface area contributed by atoms with Gasteiger partial charge < -0.3 is 14.8 Å². The van der Waals surface area contributed by atoms with E-state index in [0.29, 0.717) is 36.1 Å². The van der Waals surface area contributed by atoms with Crippen LogP contribution in [0.15, 0.2) is 72.8 Å². The van der Waals surface area contributed by atoms with Gasteiger partial charge in [0.05, 0.1) is 6.54 Å². The number of benzene rings is 3. The zero-order valence-electron chi connectivity index (χ0n) is 15.7. The molecule has 4 nitrogen and oxygen atoms in total. The summed E-state index contributed by atoms with van der Waals surface area (Å²) in [4.78, 5) is 12.2. The fraction of sp³-hybridized carbons (Fsp3) is 0.174. The van der Waals surface area contributed by atoms with Crippen molar-refractivity contribution >= 4 is 17.5 Å². The average Bonchev–Trinajstić information content (AvgIpc) is 2.72. The Bertz CT molecular complexity index is 925. The van der Waals surface area contributed by atoms with Crippen molar-refractivity contribution in [2.45, 2.75) is 13.5 Å². The Morgan fingerprint density at radius 2 is 1.64 bits per heavy atom. The third kappa shape index (κ3) is 5.51. The summed E-state index contributed by atoms with van der Waals surface area (Å²) in [7, 11) is 0. The van der Waals surface area contributed by atoms with E-state index < -0.39 is 0 Å². The van der Waals surface area contributed by atoms with E-state index in [0.717, 1.165) is 16.9 Å². The van der Waals surface area contributed by atoms with Crippen molar-refractivity contribution in [2.24, 2.45) is 0 Å². The second-order valence-electron chi connectivity index (χ2n) is 6.27. The molecule has 5 heteroatoms. The van der Waals surface area contributed by atoms with Gasteiger partial charge in [0, 0.05) is 16.1 Å². The van der Waals surface area contributed by atoms with Crippen molar-refractivity contribution in [3.05, 3.63) is 94.5 Å². The Hall–Kier alpha value is -2.98. The molecule has 3 rings (SSSR count). The van der Waals surface area contributed by atoms with Crippen LogP contribution in [0.25, 0.3) is 0 Å². The van der Waals surface area contributed by atoms with E-state index in [9.17, 15) is 4.79 Å². The fourth-order valence-corrected chi connectivity index (χ4v) is 2.82. The molecular formula is C23H22ClNO3. The lowest BCUT2D eigenvalue weighted by Crippen LogP contribution is -2.28.